The van der Waals surface area contributed by atoms with Gasteiger partial charge < -0.3 is 4.42 Å². The molecule has 0 aliphatic rings. The molecule has 0 bridgehead atoms. The molecule has 3 heteroatoms. The molecule has 0 aliphatic carbocycles. The SMILES string of the molecule is CSc1cc(P)co1. The van der Waals surface area contributed by atoms with Gasteiger partial charge in [0.1, 0.15) is 0 Å². The third-order valence-corrected chi connectivity index (χ3v) is 1.72. The molecule has 0 radical (unpaired) electrons. The van der Waals surface area contributed by atoms with Gasteiger partial charge in [0, 0.05) is 5.30 Å². The van der Waals surface area contributed by atoms with Crippen molar-refractivity contribution in [1.82, 2.24) is 0 Å². The average molecular weight is 146 g/mol. The van der Waals surface area contributed by atoms with Crippen LogP contribution in [0.2, 0.25) is 0 Å². The molecule has 0 fully saturated rings. The topological polar surface area (TPSA) is 13.1 Å². The van der Waals surface area contributed by atoms with Crippen LogP contribution in [-0.2, 0) is 0 Å². The van der Waals surface area contributed by atoms with Gasteiger partial charge in [-0.3, -0.25) is 0 Å². The highest BCUT2D eigenvalue weighted by atomic mass is 32.2. The van der Waals surface area contributed by atoms with E-state index in [9.17, 15) is 0 Å². The lowest BCUT2D eigenvalue weighted by Gasteiger charge is -1.79. The molecular formula is C5H7OPS. The first-order valence-corrected chi connectivity index (χ1v) is 4.01. The van der Waals surface area contributed by atoms with E-state index in [1.807, 2.05) is 12.3 Å². The van der Waals surface area contributed by atoms with Gasteiger partial charge in [0.05, 0.1) is 6.26 Å². The monoisotopic (exact) mass is 146 g/mol. The van der Waals surface area contributed by atoms with Crippen LogP contribution in [0, 0.1) is 0 Å². The fourth-order valence-corrected chi connectivity index (χ4v) is 1.18. The smallest absolute Gasteiger partial charge is 0.160 e. The van der Waals surface area contributed by atoms with Crippen LogP contribution in [0.5, 0.6) is 0 Å². The van der Waals surface area contributed by atoms with Crippen molar-refractivity contribution >= 4 is 26.3 Å². The highest BCUT2D eigenvalue weighted by Crippen LogP contribution is 2.13. The minimum atomic E-state index is 0.968. The van der Waals surface area contributed by atoms with E-state index in [4.69, 9.17) is 4.42 Å². The summed E-state index contributed by atoms with van der Waals surface area (Å²) >= 11 is 1.61. The molecular weight excluding hydrogens is 139 g/mol. The lowest BCUT2D eigenvalue weighted by atomic mass is 10.7. The maximum atomic E-state index is 5.06. The summed E-state index contributed by atoms with van der Waals surface area (Å²) < 4.78 is 5.06. The van der Waals surface area contributed by atoms with Gasteiger partial charge in [0.15, 0.2) is 5.09 Å². The van der Waals surface area contributed by atoms with E-state index >= 15 is 0 Å². The molecule has 0 N–H and O–H groups in total. The zero-order valence-corrected chi connectivity index (χ0v) is 6.52. The van der Waals surface area contributed by atoms with Gasteiger partial charge in [0.25, 0.3) is 0 Å². The number of hydrogen-bond acceptors (Lipinski definition) is 2. The first-order chi connectivity index (χ1) is 3.83. The molecule has 0 saturated carbocycles. The number of thioether (sulfide) groups is 1. The molecule has 8 heavy (non-hydrogen) atoms. The Balaban J connectivity index is 2.84. The fourth-order valence-electron chi connectivity index (χ4n) is 0.437. The number of hydrogen-bond donors (Lipinski definition) is 0. The highest BCUT2D eigenvalue weighted by Gasteiger charge is 1.92. The van der Waals surface area contributed by atoms with Gasteiger partial charge in [-0.2, -0.15) is 0 Å². The summed E-state index contributed by atoms with van der Waals surface area (Å²) in [6.45, 7) is 0. The molecule has 1 aromatic heterocycles. The van der Waals surface area contributed by atoms with E-state index in [2.05, 4.69) is 9.24 Å². The van der Waals surface area contributed by atoms with Gasteiger partial charge in [0.2, 0.25) is 0 Å². The molecule has 1 nitrogen and oxygen atoms in total. The standard InChI is InChI=1S/C5H7OPS/c1-8-5-2-4(7)3-6-5/h2-3H,7H2,1H3. The Hall–Kier alpha value is 0.0600. The zero-order valence-electron chi connectivity index (χ0n) is 4.55. The lowest BCUT2D eigenvalue weighted by Crippen LogP contribution is -1.75. The molecule has 0 saturated heterocycles. The molecule has 1 atom stereocenters. The Morgan fingerprint density at radius 3 is 2.75 bits per heavy atom. The van der Waals surface area contributed by atoms with Crippen molar-refractivity contribution in [2.24, 2.45) is 0 Å². The van der Waals surface area contributed by atoms with E-state index in [0.29, 0.717) is 0 Å². The molecule has 0 aromatic carbocycles. The van der Waals surface area contributed by atoms with Crippen LogP contribution in [0.15, 0.2) is 21.8 Å². The van der Waals surface area contributed by atoms with Crippen LogP contribution in [0.3, 0.4) is 0 Å². The van der Waals surface area contributed by atoms with Crippen LogP contribution in [0.4, 0.5) is 0 Å². The van der Waals surface area contributed by atoms with Crippen molar-refractivity contribution < 1.29 is 4.42 Å². The molecule has 1 aromatic rings. The second-order valence-corrected chi connectivity index (χ2v) is 2.88. The van der Waals surface area contributed by atoms with E-state index in [-0.39, 0.29) is 0 Å². The third-order valence-electron chi connectivity index (χ3n) is 0.797. The largest absolute Gasteiger partial charge is 0.458 e. The van der Waals surface area contributed by atoms with Gasteiger partial charge in [-0.25, -0.2) is 0 Å². The quantitative estimate of drug-likeness (QED) is 0.440. The van der Waals surface area contributed by atoms with Gasteiger partial charge in [-0.05, 0) is 12.3 Å². The van der Waals surface area contributed by atoms with E-state index < -0.39 is 0 Å². The first kappa shape index (κ1) is 6.18. The van der Waals surface area contributed by atoms with Gasteiger partial charge in [-0.15, -0.1) is 9.24 Å². The Morgan fingerprint density at radius 2 is 2.50 bits per heavy atom. The molecule has 0 aliphatic heterocycles. The molecule has 0 spiro atoms. The van der Waals surface area contributed by atoms with Crippen LogP contribution in [0.25, 0.3) is 0 Å². The molecule has 0 amide bonds. The van der Waals surface area contributed by atoms with Crippen molar-refractivity contribution in [2.75, 3.05) is 6.26 Å². The summed E-state index contributed by atoms with van der Waals surface area (Å²) in [5, 5.41) is 2.07. The van der Waals surface area contributed by atoms with Crippen LogP contribution >= 0.6 is 21.0 Å². The molecule has 44 valence electrons. The maximum Gasteiger partial charge on any atom is 0.160 e. The molecule has 1 heterocycles. The third kappa shape index (κ3) is 1.27. The summed E-state index contributed by atoms with van der Waals surface area (Å²) in [6.07, 6.45) is 3.71. The predicted molar refractivity (Wildman–Crippen MR) is 39.8 cm³/mol. The van der Waals surface area contributed by atoms with E-state index in [0.717, 1.165) is 10.4 Å². The van der Waals surface area contributed by atoms with Crippen LogP contribution < -0.4 is 5.30 Å². The summed E-state index contributed by atoms with van der Waals surface area (Å²) in [7, 11) is 2.57. The van der Waals surface area contributed by atoms with E-state index in [1.54, 1.807) is 18.0 Å². The summed E-state index contributed by atoms with van der Waals surface area (Å²) in [5.74, 6) is 0. The normalized spacial score (nSPS) is 9.75. The second kappa shape index (κ2) is 2.56. The van der Waals surface area contributed by atoms with Crippen molar-refractivity contribution in [3.8, 4) is 0 Å². The summed E-state index contributed by atoms with van der Waals surface area (Å²) in [5.41, 5.74) is 0. The van der Waals surface area contributed by atoms with E-state index in [1.165, 1.54) is 0 Å². The number of rotatable bonds is 1. The van der Waals surface area contributed by atoms with Gasteiger partial charge in [-0.1, -0.05) is 11.8 Å². The Labute approximate surface area is 55.0 Å². The van der Waals surface area contributed by atoms with Crippen molar-refractivity contribution in [3.63, 3.8) is 0 Å². The zero-order chi connectivity index (χ0) is 5.98. The Kier molecular flexibility index (Phi) is 1.98. The minimum Gasteiger partial charge on any atom is -0.458 e. The lowest BCUT2D eigenvalue weighted by molar-refractivity contribution is 0.476. The summed E-state index contributed by atoms with van der Waals surface area (Å²) in [6, 6.07) is 1.98. The highest BCUT2D eigenvalue weighted by molar-refractivity contribution is 7.98. The number of furan rings is 1. The molecule has 1 rings (SSSR count). The summed E-state index contributed by atoms with van der Waals surface area (Å²) in [4.78, 5) is 0. The van der Waals surface area contributed by atoms with Crippen LogP contribution in [0.1, 0.15) is 0 Å². The first-order valence-electron chi connectivity index (χ1n) is 2.21. The Morgan fingerprint density at radius 1 is 1.75 bits per heavy atom. The van der Waals surface area contributed by atoms with Crippen molar-refractivity contribution in [2.45, 2.75) is 5.09 Å². The predicted octanol–water partition coefficient (Wildman–Crippen LogP) is 1.50. The molecule has 1 unspecified atom stereocenters. The minimum absolute atomic E-state index is 0.968. The van der Waals surface area contributed by atoms with Crippen LogP contribution in [-0.4, -0.2) is 6.26 Å². The van der Waals surface area contributed by atoms with Crippen molar-refractivity contribution in [1.29, 1.82) is 0 Å². The van der Waals surface area contributed by atoms with Gasteiger partial charge >= 0.3 is 0 Å². The Bertz CT molecular complexity index is 173. The fraction of sp³-hybridized carbons (Fsp3) is 0.200. The maximum absolute atomic E-state index is 5.06. The van der Waals surface area contributed by atoms with Crippen molar-refractivity contribution in [3.05, 3.63) is 12.3 Å². The second-order valence-electron chi connectivity index (χ2n) is 1.40. The average Bonchev–Trinajstić information content (AvgIpc) is 2.14.